The number of hydrogen-bond donors (Lipinski definition) is 0. The molecular weight excluding hydrogens is 316 g/mol. The summed E-state index contributed by atoms with van der Waals surface area (Å²) in [7, 11) is 1.93. The van der Waals surface area contributed by atoms with Crippen LogP contribution in [0.4, 0.5) is 0 Å². The Morgan fingerprint density at radius 3 is 2.31 bits per heavy atom. The zero-order valence-electron chi connectivity index (χ0n) is 18.8. The third-order valence-corrected chi connectivity index (χ3v) is 9.85. The Balaban J connectivity index is 2.05. The SMILES string of the molecule is CCCC1(C)CCCCC2C(C)C3(COC)CCCCC1(C)CC2(C)C3. The molecule has 1 heteroatoms. The van der Waals surface area contributed by atoms with Gasteiger partial charge < -0.3 is 4.74 Å². The van der Waals surface area contributed by atoms with Crippen LogP contribution in [0.1, 0.15) is 112 Å². The van der Waals surface area contributed by atoms with E-state index in [1.807, 2.05) is 7.11 Å². The molecule has 0 radical (unpaired) electrons. The zero-order chi connectivity index (χ0) is 19.1. The highest BCUT2D eigenvalue weighted by Gasteiger charge is 2.60. The molecule has 0 saturated heterocycles. The van der Waals surface area contributed by atoms with Gasteiger partial charge in [0.2, 0.25) is 0 Å². The van der Waals surface area contributed by atoms with Gasteiger partial charge in [-0.2, -0.15) is 0 Å². The van der Waals surface area contributed by atoms with Crippen LogP contribution in [0, 0.1) is 33.5 Å². The second-order valence-corrected chi connectivity index (χ2v) is 11.5. The first-order valence-corrected chi connectivity index (χ1v) is 11.7. The maximum Gasteiger partial charge on any atom is 0.0521 e. The summed E-state index contributed by atoms with van der Waals surface area (Å²) in [5.74, 6) is 1.73. The molecule has 26 heavy (non-hydrogen) atoms. The number of methoxy groups -OCH3 is 1. The third-order valence-electron chi connectivity index (χ3n) is 9.85. The fraction of sp³-hybridized carbons (Fsp3) is 1.00. The fourth-order valence-corrected chi connectivity index (χ4v) is 8.42. The highest BCUT2D eigenvalue weighted by molar-refractivity contribution is 5.09. The van der Waals surface area contributed by atoms with Gasteiger partial charge >= 0.3 is 0 Å². The minimum Gasteiger partial charge on any atom is -0.384 e. The standard InChI is InChI=1S/C25H46O/c1-7-13-23(4)14-9-8-12-21-20(2)25(19-26-6)16-11-10-15-24(23,5)17-22(21,3)18-25/h20-21H,7-19H2,1-6H3. The predicted molar refractivity (Wildman–Crippen MR) is 112 cm³/mol. The topological polar surface area (TPSA) is 9.23 Å². The van der Waals surface area contributed by atoms with Crippen molar-refractivity contribution in [2.75, 3.05) is 13.7 Å². The Kier molecular flexibility index (Phi) is 5.90. The summed E-state index contributed by atoms with van der Waals surface area (Å²) in [5, 5.41) is 0. The van der Waals surface area contributed by atoms with Crippen molar-refractivity contribution in [2.45, 2.75) is 112 Å². The molecule has 3 saturated carbocycles. The van der Waals surface area contributed by atoms with E-state index in [9.17, 15) is 0 Å². The van der Waals surface area contributed by atoms with Crippen molar-refractivity contribution in [1.29, 1.82) is 0 Å². The Morgan fingerprint density at radius 1 is 0.923 bits per heavy atom. The molecule has 1 nitrogen and oxygen atoms in total. The summed E-state index contributed by atoms with van der Waals surface area (Å²) < 4.78 is 5.85. The summed E-state index contributed by atoms with van der Waals surface area (Å²) >= 11 is 0. The van der Waals surface area contributed by atoms with Gasteiger partial charge in [-0.25, -0.2) is 0 Å². The molecular formula is C25H46O. The van der Waals surface area contributed by atoms with Gasteiger partial charge in [0.25, 0.3) is 0 Å². The largest absolute Gasteiger partial charge is 0.384 e. The van der Waals surface area contributed by atoms with Crippen LogP contribution < -0.4 is 0 Å². The molecule has 0 N–H and O–H groups in total. The average molecular weight is 363 g/mol. The van der Waals surface area contributed by atoms with E-state index in [0.717, 1.165) is 18.4 Å². The van der Waals surface area contributed by atoms with E-state index in [2.05, 4.69) is 34.6 Å². The molecule has 0 spiro atoms. The fourth-order valence-electron chi connectivity index (χ4n) is 8.42. The van der Waals surface area contributed by atoms with E-state index in [0.29, 0.717) is 21.7 Å². The van der Waals surface area contributed by atoms with E-state index in [4.69, 9.17) is 4.74 Å². The maximum absolute atomic E-state index is 5.85. The van der Waals surface area contributed by atoms with Crippen molar-refractivity contribution in [3.63, 3.8) is 0 Å². The van der Waals surface area contributed by atoms with E-state index in [1.54, 1.807) is 0 Å². The van der Waals surface area contributed by atoms with E-state index in [-0.39, 0.29) is 0 Å². The van der Waals surface area contributed by atoms with Crippen molar-refractivity contribution in [3.8, 4) is 0 Å². The molecule has 0 heterocycles. The Labute approximate surface area is 164 Å². The normalized spacial score (nSPS) is 49.6. The van der Waals surface area contributed by atoms with Crippen LogP contribution >= 0.6 is 0 Å². The van der Waals surface area contributed by atoms with Crippen LogP contribution in [0.15, 0.2) is 0 Å². The quantitative estimate of drug-likeness (QED) is 0.499. The first-order valence-electron chi connectivity index (χ1n) is 11.7. The molecule has 0 aliphatic heterocycles. The van der Waals surface area contributed by atoms with E-state index < -0.39 is 0 Å². The number of ether oxygens (including phenoxy) is 1. The molecule has 3 aliphatic rings. The summed E-state index contributed by atoms with van der Waals surface area (Å²) in [6.07, 6.45) is 17.1. The minimum absolute atomic E-state index is 0.444. The summed E-state index contributed by atoms with van der Waals surface area (Å²) in [4.78, 5) is 0. The van der Waals surface area contributed by atoms with Gasteiger partial charge in [0.1, 0.15) is 0 Å². The summed E-state index contributed by atoms with van der Waals surface area (Å²) in [6, 6.07) is 0. The third kappa shape index (κ3) is 3.29. The highest BCUT2D eigenvalue weighted by Crippen LogP contribution is 2.68. The molecule has 0 amide bonds. The molecule has 3 rings (SSSR count). The molecule has 0 aromatic heterocycles. The van der Waals surface area contributed by atoms with Gasteiger partial charge in [0, 0.05) is 7.11 Å². The van der Waals surface area contributed by atoms with Gasteiger partial charge in [-0.05, 0) is 78.4 Å². The van der Waals surface area contributed by atoms with E-state index >= 15 is 0 Å². The molecule has 0 aromatic rings. The van der Waals surface area contributed by atoms with Crippen molar-refractivity contribution in [2.24, 2.45) is 33.5 Å². The highest BCUT2D eigenvalue weighted by atomic mass is 16.5. The lowest BCUT2D eigenvalue weighted by Crippen LogP contribution is -2.42. The van der Waals surface area contributed by atoms with Crippen molar-refractivity contribution in [3.05, 3.63) is 0 Å². The van der Waals surface area contributed by atoms with Gasteiger partial charge in [0.05, 0.1) is 6.61 Å². The zero-order valence-corrected chi connectivity index (χ0v) is 18.8. The summed E-state index contributed by atoms with van der Waals surface area (Å²) in [5.41, 5.74) is 1.99. The molecule has 152 valence electrons. The number of hydrogen-bond acceptors (Lipinski definition) is 1. The molecule has 0 aromatic carbocycles. The van der Waals surface area contributed by atoms with Crippen molar-refractivity contribution < 1.29 is 4.74 Å². The number of fused-ring (bicyclic) bond motifs is 2. The lowest BCUT2D eigenvalue weighted by Gasteiger charge is -2.51. The van der Waals surface area contributed by atoms with Gasteiger partial charge in [-0.1, -0.05) is 66.7 Å². The molecule has 6 atom stereocenters. The first-order chi connectivity index (χ1) is 12.2. The maximum atomic E-state index is 5.85. The predicted octanol–water partition coefficient (Wildman–Crippen LogP) is 7.63. The smallest absolute Gasteiger partial charge is 0.0521 e. The minimum atomic E-state index is 0.444. The van der Waals surface area contributed by atoms with Crippen molar-refractivity contribution >= 4 is 0 Å². The first kappa shape index (κ1) is 20.7. The second-order valence-electron chi connectivity index (χ2n) is 11.5. The lowest BCUT2D eigenvalue weighted by atomic mass is 9.53. The molecule has 6 unspecified atom stereocenters. The number of rotatable bonds is 4. The van der Waals surface area contributed by atoms with Gasteiger partial charge in [-0.3, -0.25) is 0 Å². The Morgan fingerprint density at radius 2 is 1.62 bits per heavy atom. The van der Waals surface area contributed by atoms with Crippen molar-refractivity contribution in [1.82, 2.24) is 0 Å². The van der Waals surface area contributed by atoms with Gasteiger partial charge in [0.15, 0.2) is 0 Å². The molecule has 3 aliphatic carbocycles. The van der Waals surface area contributed by atoms with Crippen LogP contribution in [0.2, 0.25) is 0 Å². The van der Waals surface area contributed by atoms with Crippen LogP contribution in [0.5, 0.6) is 0 Å². The van der Waals surface area contributed by atoms with Crippen LogP contribution in [-0.2, 0) is 4.74 Å². The van der Waals surface area contributed by atoms with Crippen LogP contribution in [-0.4, -0.2) is 13.7 Å². The average Bonchev–Trinajstić information content (AvgIpc) is 2.80. The molecule has 3 bridgehead atoms. The lowest BCUT2D eigenvalue weighted by molar-refractivity contribution is -0.0165. The van der Waals surface area contributed by atoms with Crippen LogP contribution in [0.25, 0.3) is 0 Å². The molecule has 3 fully saturated rings. The van der Waals surface area contributed by atoms with Gasteiger partial charge in [-0.15, -0.1) is 0 Å². The van der Waals surface area contributed by atoms with E-state index in [1.165, 1.54) is 77.0 Å². The Bertz CT molecular complexity index is 487. The Hall–Kier alpha value is -0.0400. The monoisotopic (exact) mass is 362 g/mol. The van der Waals surface area contributed by atoms with Crippen LogP contribution in [0.3, 0.4) is 0 Å². The second kappa shape index (κ2) is 7.41. The summed E-state index contributed by atoms with van der Waals surface area (Å²) in [6.45, 7) is 14.0.